The molecule has 0 aliphatic carbocycles. The van der Waals surface area contributed by atoms with Gasteiger partial charge in [-0.3, -0.25) is 9.97 Å². The summed E-state index contributed by atoms with van der Waals surface area (Å²) in [5.74, 6) is 0. The van der Waals surface area contributed by atoms with Crippen LogP contribution in [-0.2, 0) is 0 Å². The zero-order chi connectivity index (χ0) is 22.5. The lowest BCUT2D eigenvalue weighted by Gasteiger charge is -2.29. The molecule has 0 bridgehead atoms. The Kier molecular flexibility index (Phi) is 6.13. The Balaban J connectivity index is 1.69. The second-order valence-electron chi connectivity index (χ2n) is 7.43. The van der Waals surface area contributed by atoms with Crippen LogP contribution in [0.3, 0.4) is 0 Å². The molecule has 160 valence electrons. The van der Waals surface area contributed by atoms with E-state index in [1.807, 2.05) is 48.8 Å². The molecular formula is C28H21BrN4. The number of nitrogens with zero attached hydrogens (tertiary/aromatic N) is 4. The lowest BCUT2D eigenvalue weighted by Crippen LogP contribution is -2.13. The number of hydrogen-bond donors (Lipinski definition) is 0. The molecular weight excluding hydrogens is 472 g/mol. The average Bonchev–Trinajstić information content (AvgIpc) is 2.87. The Morgan fingerprint density at radius 2 is 0.879 bits per heavy atom. The van der Waals surface area contributed by atoms with Gasteiger partial charge in [0.1, 0.15) is 0 Å². The maximum atomic E-state index is 4.35. The van der Waals surface area contributed by atoms with E-state index in [0.29, 0.717) is 0 Å². The summed E-state index contributed by atoms with van der Waals surface area (Å²) < 4.78 is 0.977. The van der Waals surface area contributed by atoms with Gasteiger partial charge in [0.2, 0.25) is 0 Å². The monoisotopic (exact) mass is 492 g/mol. The highest BCUT2D eigenvalue weighted by Gasteiger charge is 2.18. The van der Waals surface area contributed by atoms with Crippen molar-refractivity contribution in [3.8, 4) is 0 Å². The van der Waals surface area contributed by atoms with E-state index in [0.717, 1.165) is 38.6 Å². The van der Waals surface area contributed by atoms with Crippen molar-refractivity contribution in [1.82, 2.24) is 9.97 Å². The molecule has 0 saturated heterocycles. The fourth-order valence-corrected chi connectivity index (χ4v) is 4.31. The maximum absolute atomic E-state index is 4.35. The largest absolute Gasteiger partial charge is 0.310 e. The van der Waals surface area contributed by atoms with E-state index in [2.05, 4.69) is 102 Å². The summed E-state index contributed by atoms with van der Waals surface area (Å²) in [4.78, 5) is 13.1. The van der Waals surface area contributed by atoms with Gasteiger partial charge in [-0.1, -0.05) is 52.3 Å². The number of aromatic nitrogens is 2. The molecule has 4 nitrogen and oxygen atoms in total. The van der Waals surface area contributed by atoms with Gasteiger partial charge in [-0.25, -0.2) is 0 Å². The molecule has 5 heteroatoms. The van der Waals surface area contributed by atoms with Crippen molar-refractivity contribution in [3.05, 3.63) is 132 Å². The molecule has 0 saturated carbocycles. The third-order valence-corrected chi connectivity index (χ3v) is 5.68. The number of pyridine rings is 2. The number of halogens is 1. The highest BCUT2D eigenvalue weighted by atomic mass is 79.9. The van der Waals surface area contributed by atoms with Gasteiger partial charge in [0.25, 0.3) is 0 Å². The summed E-state index contributed by atoms with van der Waals surface area (Å²) in [5, 5.41) is 0. The lowest BCUT2D eigenvalue weighted by atomic mass is 10.1. The zero-order valence-electron chi connectivity index (χ0n) is 17.8. The summed E-state index contributed by atoms with van der Waals surface area (Å²) in [6.45, 7) is 0. The van der Waals surface area contributed by atoms with Gasteiger partial charge >= 0.3 is 0 Å². The van der Waals surface area contributed by atoms with E-state index >= 15 is 0 Å². The Bertz CT molecular complexity index is 1130. The molecule has 3 aromatic carbocycles. The topological polar surface area (TPSA) is 32.3 Å². The van der Waals surface area contributed by atoms with Gasteiger partial charge in [0.15, 0.2) is 0 Å². The Morgan fingerprint density at radius 3 is 1.30 bits per heavy atom. The first-order chi connectivity index (χ1) is 16.3. The van der Waals surface area contributed by atoms with Crippen molar-refractivity contribution in [2.75, 3.05) is 9.80 Å². The first kappa shape index (κ1) is 20.9. The molecule has 0 fully saturated rings. The number of anilines is 6. The SMILES string of the molecule is Brc1cc(N(c2ccccc2)c2ccccc2)cc(N(c2cccnc2)c2cccnc2)c1. The van der Waals surface area contributed by atoms with E-state index in [1.54, 1.807) is 12.4 Å². The molecule has 0 aliphatic heterocycles. The normalized spacial score (nSPS) is 10.6. The maximum Gasteiger partial charge on any atom is 0.0645 e. The quantitative estimate of drug-likeness (QED) is 0.239. The molecule has 0 atom stereocenters. The lowest BCUT2D eigenvalue weighted by molar-refractivity contribution is 1.19. The van der Waals surface area contributed by atoms with Crippen LogP contribution in [0.2, 0.25) is 0 Å². The molecule has 5 aromatic rings. The van der Waals surface area contributed by atoms with Gasteiger partial charge in [0, 0.05) is 39.6 Å². The van der Waals surface area contributed by atoms with Crippen molar-refractivity contribution in [2.45, 2.75) is 0 Å². The fraction of sp³-hybridized carbons (Fsp3) is 0. The highest BCUT2D eigenvalue weighted by Crippen LogP contribution is 2.41. The molecule has 0 radical (unpaired) electrons. The Labute approximate surface area is 201 Å². The average molecular weight is 493 g/mol. The second-order valence-corrected chi connectivity index (χ2v) is 8.35. The molecule has 0 unspecified atom stereocenters. The predicted octanol–water partition coefficient (Wildman–Crippen LogP) is 8.18. The van der Waals surface area contributed by atoms with Gasteiger partial charge in [-0.05, 0) is 66.7 Å². The molecule has 0 spiro atoms. The highest BCUT2D eigenvalue weighted by molar-refractivity contribution is 9.10. The van der Waals surface area contributed by atoms with E-state index in [4.69, 9.17) is 0 Å². The van der Waals surface area contributed by atoms with Gasteiger partial charge in [-0.15, -0.1) is 0 Å². The standard InChI is InChI=1S/C28H21BrN4/c29-22-17-27(32(23-9-3-1-4-10-23)24-11-5-2-6-12-24)19-28(18-22)33(25-13-7-15-30-20-25)26-14-8-16-31-21-26/h1-21H. The molecule has 2 aromatic heterocycles. The van der Waals surface area contributed by atoms with E-state index in [1.165, 1.54) is 0 Å². The van der Waals surface area contributed by atoms with Crippen molar-refractivity contribution in [2.24, 2.45) is 0 Å². The number of hydrogen-bond acceptors (Lipinski definition) is 4. The summed E-state index contributed by atoms with van der Waals surface area (Å²) >= 11 is 3.76. The summed E-state index contributed by atoms with van der Waals surface area (Å²) in [6, 6.07) is 35.2. The third-order valence-electron chi connectivity index (χ3n) is 5.22. The van der Waals surface area contributed by atoms with E-state index in [9.17, 15) is 0 Å². The van der Waals surface area contributed by atoms with Gasteiger partial charge < -0.3 is 9.80 Å². The first-order valence-electron chi connectivity index (χ1n) is 10.6. The minimum Gasteiger partial charge on any atom is -0.310 e. The third kappa shape index (κ3) is 4.64. The predicted molar refractivity (Wildman–Crippen MR) is 139 cm³/mol. The first-order valence-corrected chi connectivity index (χ1v) is 11.4. The Morgan fingerprint density at radius 1 is 0.455 bits per heavy atom. The van der Waals surface area contributed by atoms with Crippen LogP contribution in [-0.4, -0.2) is 9.97 Å². The summed E-state index contributed by atoms with van der Waals surface area (Å²) in [6.07, 6.45) is 7.28. The molecule has 0 amide bonds. The second kappa shape index (κ2) is 9.67. The van der Waals surface area contributed by atoms with Crippen LogP contribution in [0.4, 0.5) is 34.1 Å². The number of rotatable bonds is 6. The van der Waals surface area contributed by atoms with Crippen LogP contribution in [0.15, 0.2) is 132 Å². The van der Waals surface area contributed by atoms with Crippen molar-refractivity contribution < 1.29 is 0 Å². The van der Waals surface area contributed by atoms with Crippen molar-refractivity contribution in [1.29, 1.82) is 0 Å². The van der Waals surface area contributed by atoms with Crippen LogP contribution < -0.4 is 9.80 Å². The van der Waals surface area contributed by atoms with Gasteiger partial charge in [-0.2, -0.15) is 0 Å². The van der Waals surface area contributed by atoms with Crippen LogP contribution in [0, 0.1) is 0 Å². The minimum absolute atomic E-state index is 0.959. The Hall–Kier alpha value is -3.96. The van der Waals surface area contributed by atoms with Crippen molar-refractivity contribution in [3.63, 3.8) is 0 Å². The molecule has 2 heterocycles. The van der Waals surface area contributed by atoms with Crippen LogP contribution in [0.1, 0.15) is 0 Å². The van der Waals surface area contributed by atoms with E-state index < -0.39 is 0 Å². The van der Waals surface area contributed by atoms with Crippen LogP contribution in [0.5, 0.6) is 0 Å². The number of benzene rings is 3. The van der Waals surface area contributed by atoms with E-state index in [-0.39, 0.29) is 0 Å². The van der Waals surface area contributed by atoms with Crippen molar-refractivity contribution >= 4 is 50.1 Å². The fourth-order valence-electron chi connectivity index (χ4n) is 3.84. The molecule has 33 heavy (non-hydrogen) atoms. The van der Waals surface area contributed by atoms with Crippen LogP contribution in [0.25, 0.3) is 0 Å². The molecule has 0 N–H and O–H groups in total. The summed E-state index contributed by atoms with van der Waals surface area (Å²) in [5.41, 5.74) is 6.12. The minimum atomic E-state index is 0.959. The van der Waals surface area contributed by atoms with Crippen LogP contribution >= 0.6 is 15.9 Å². The smallest absolute Gasteiger partial charge is 0.0645 e. The summed E-state index contributed by atoms with van der Waals surface area (Å²) in [7, 11) is 0. The van der Waals surface area contributed by atoms with Gasteiger partial charge in [0.05, 0.1) is 23.8 Å². The molecule has 0 aliphatic rings. The zero-order valence-corrected chi connectivity index (χ0v) is 19.4. The molecule has 5 rings (SSSR count). The number of para-hydroxylation sites is 2.